The minimum atomic E-state index is -1.04. The van der Waals surface area contributed by atoms with E-state index in [2.05, 4.69) is 26.3 Å². The van der Waals surface area contributed by atoms with Gasteiger partial charge in [0.25, 0.3) is 0 Å². The van der Waals surface area contributed by atoms with Crippen molar-refractivity contribution in [2.75, 3.05) is 39.6 Å². The van der Waals surface area contributed by atoms with Gasteiger partial charge in [-0.1, -0.05) is 39.2 Å². The van der Waals surface area contributed by atoms with Gasteiger partial charge in [0.2, 0.25) is 0 Å². The van der Waals surface area contributed by atoms with Crippen LogP contribution in [0.15, 0.2) is 48.6 Å². The molecule has 2 rings (SSSR count). The maximum Gasteiger partial charge on any atom is 0.333 e. The number of carbonyl (C=O) groups excluding carboxylic acids is 6. The van der Waals surface area contributed by atoms with E-state index in [9.17, 15) is 28.8 Å². The van der Waals surface area contributed by atoms with Crippen LogP contribution in [0.1, 0.15) is 80.1 Å². The molecule has 2 fully saturated rings. The van der Waals surface area contributed by atoms with Gasteiger partial charge in [0.15, 0.2) is 0 Å². The Morgan fingerprint density at radius 2 is 0.700 bits per heavy atom. The Morgan fingerprint density at radius 1 is 0.460 bits per heavy atom. The monoisotopic (exact) mass is 702 g/mol. The fraction of sp³-hybridized carbons (Fsp3) is 0.632. The molecule has 0 saturated heterocycles. The molecule has 4 atom stereocenters. The zero-order valence-electron chi connectivity index (χ0n) is 30.5. The van der Waals surface area contributed by atoms with E-state index in [4.69, 9.17) is 28.4 Å². The normalized spacial score (nSPS) is 20.2. The predicted molar refractivity (Wildman–Crippen MR) is 183 cm³/mol. The number of rotatable bonds is 18. The van der Waals surface area contributed by atoms with Gasteiger partial charge in [-0.05, 0) is 79.1 Å². The second-order valence-corrected chi connectivity index (χ2v) is 14.7. The average Bonchev–Trinajstić information content (AvgIpc) is 3.08. The molecule has 0 bridgehead atoms. The number of fused-ring (bicyclic) bond motifs is 1. The van der Waals surface area contributed by atoms with Crippen LogP contribution in [0, 0.1) is 34.5 Å². The van der Waals surface area contributed by atoms with Crippen LogP contribution in [0.2, 0.25) is 0 Å². The lowest BCUT2D eigenvalue weighted by atomic mass is 9.61. The molecule has 0 aromatic heterocycles. The summed E-state index contributed by atoms with van der Waals surface area (Å²) in [7, 11) is 0. The zero-order chi connectivity index (χ0) is 37.8. The van der Waals surface area contributed by atoms with Crippen LogP contribution in [-0.2, 0) is 57.2 Å². The summed E-state index contributed by atoms with van der Waals surface area (Å²) < 4.78 is 33.0. The van der Waals surface area contributed by atoms with Gasteiger partial charge >= 0.3 is 35.8 Å². The minimum absolute atomic E-state index is 0.115. The molecule has 0 spiro atoms. The molecule has 2 saturated carbocycles. The summed E-state index contributed by atoms with van der Waals surface area (Å²) in [4.78, 5) is 75.6. The van der Waals surface area contributed by atoms with Gasteiger partial charge in [-0.2, -0.15) is 0 Å². The standard InChI is InChI=1S/C38H54O12/c1-23(2)31(39)45-17-37(9,18-46-32(40)24(3)4)21-49-35(43)29-15-16-30(28-14-12-11-13-27(28)29)36(44)50-22-38(10,19-47-33(41)25(5)6)20-48-34(42)26(7)8/h27-30H,1,3,5,7,11-22H2,2,4,6,8-10H3. The van der Waals surface area contributed by atoms with E-state index in [1.807, 2.05) is 0 Å². The molecule has 50 heavy (non-hydrogen) atoms. The van der Waals surface area contributed by atoms with E-state index in [1.54, 1.807) is 13.8 Å². The van der Waals surface area contributed by atoms with Crippen molar-refractivity contribution < 1.29 is 57.2 Å². The van der Waals surface area contributed by atoms with E-state index in [-0.39, 0.29) is 73.8 Å². The fourth-order valence-corrected chi connectivity index (χ4v) is 5.97. The van der Waals surface area contributed by atoms with Crippen LogP contribution in [0.4, 0.5) is 0 Å². The van der Waals surface area contributed by atoms with Crippen LogP contribution < -0.4 is 0 Å². The lowest BCUT2D eigenvalue weighted by Crippen LogP contribution is -2.45. The molecule has 278 valence electrons. The van der Waals surface area contributed by atoms with Crippen molar-refractivity contribution in [3.63, 3.8) is 0 Å². The molecule has 0 aromatic rings. The van der Waals surface area contributed by atoms with Crippen molar-refractivity contribution in [3.05, 3.63) is 48.6 Å². The third-order valence-corrected chi connectivity index (χ3v) is 9.03. The molecule has 12 nitrogen and oxygen atoms in total. The Morgan fingerprint density at radius 3 is 0.940 bits per heavy atom. The van der Waals surface area contributed by atoms with Gasteiger partial charge in [0, 0.05) is 22.3 Å². The topological polar surface area (TPSA) is 158 Å². The summed E-state index contributed by atoms with van der Waals surface area (Å²) in [6.07, 6.45) is 4.08. The van der Waals surface area contributed by atoms with E-state index in [0.717, 1.165) is 25.7 Å². The molecule has 0 radical (unpaired) electrons. The van der Waals surface area contributed by atoms with Crippen LogP contribution in [0.3, 0.4) is 0 Å². The first-order valence-electron chi connectivity index (χ1n) is 16.9. The van der Waals surface area contributed by atoms with Gasteiger partial charge in [0.1, 0.15) is 39.6 Å². The van der Waals surface area contributed by atoms with Gasteiger partial charge in [-0.25, -0.2) is 19.2 Å². The van der Waals surface area contributed by atoms with Crippen LogP contribution >= 0.6 is 0 Å². The summed E-state index contributed by atoms with van der Waals surface area (Å²) >= 11 is 0. The quantitative estimate of drug-likeness (QED) is 0.102. The lowest BCUT2D eigenvalue weighted by Gasteiger charge is -2.44. The van der Waals surface area contributed by atoms with Crippen LogP contribution in [0.5, 0.6) is 0 Å². The molecular formula is C38H54O12. The highest BCUT2D eigenvalue weighted by Crippen LogP contribution is 2.48. The second-order valence-electron chi connectivity index (χ2n) is 14.7. The molecule has 0 heterocycles. The molecule has 0 aliphatic heterocycles. The van der Waals surface area contributed by atoms with Crippen molar-refractivity contribution in [2.45, 2.75) is 80.1 Å². The summed E-state index contributed by atoms with van der Waals surface area (Å²) in [5.41, 5.74) is -1.29. The molecule has 12 heteroatoms. The van der Waals surface area contributed by atoms with Gasteiger partial charge < -0.3 is 28.4 Å². The molecular weight excluding hydrogens is 648 g/mol. The Balaban J connectivity index is 2.13. The number of carbonyl (C=O) groups is 6. The van der Waals surface area contributed by atoms with Crippen LogP contribution in [-0.4, -0.2) is 75.5 Å². The highest BCUT2D eigenvalue weighted by atomic mass is 16.6. The number of hydrogen-bond donors (Lipinski definition) is 0. The largest absolute Gasteiger partial charge is 0.465 e. The van der Waals surface area contributed by atoms with Crippen molar-refractivity contribution >= 4 is 35.8 Å². The number of ether oxygens (including phenoxy) is 6. The smallest absolute Gasteiger partial charge is 0.333 e. The van der Waals surface area contributed by atoms with Gasteiger partial charge in [-0.15, -0.1) is 0 Å². The SMILES string of the molecule is C=C(C)C(=O)OCC(C)(COC(=O)C(=C)C)COC(=O)C1CCC(C(=O)OCC(C)(COC(=O)C(=C)C)COC(=O)C(=C)C)C2CCCCC12. The Hall–Kier alpha value is -4.22. The first-order valence-corrected chi connectivity index (χ1v) is 16.9. The van der Waals surface area contributed by atoms with Crippen molar-refractivity contribution in [2.24, 2.45) is 34.5 Å². The van der Waals surface area contributed by atoms with Crippen LogP contribution in [0.25, 0.3) is 0 Å². The molecule has 0 N–H and O–H groups in total. The molecule has 2 aliphatic carbocycles. The first kappa shape index (κ1) is 41.9. The maximum absolute atomic E-state index is 13.6. The van der Waals surface area contributed by atoms with E-state index < -0.39 is 58.5 Å². The fourth-order valence-electron chi connectivity index (χ4n) is 5.97. The Labute approximate surface area is 295 Å². The van der Waals surface area contributed by atoms with Crippen molar-refractivity contribution in [1.82, 2.24) is 0 Å². The molecule has 4 unspecified atom stereocenters. The third-order valence-electron chi connectivity index (χ3n) is 9.03. The molecule has 0 aromatic carbocycles. The minimum Gasteiger partial charge on any atom is -0.465 e. The van der Waals surface area contributed by atoms with Crippen molar-refractivity contribution in [1.29, 1.82) is 0 Å². The molecule has 2 aliphatic rings. The lowest BCUT2D eigenvalue weighted by molar-refractivity contribution is -0.172. The van der Waals surface area contributed by atoms with E-state index in [0.29, 0.717) is 12.8 Å². The summed E-state index contributed by atoms with van der Waals surface area (Å²) in [5.74, 6) is -4.49. The summed E-state index contributed by atoms with van der Waals surface area (Å²) in [5, 5.41) is 0. The van der Waals surface area contributed by atoms with Crippen molar-refractivity contribution in [3.8, 4) is 0 Å². The van der Waals surface area contributed by atoms with E-state index in [1.165, 1.54) is 27.7 Å². The van der Waals surface area contributed by atoms with Gasteiger partial charge in [0.05, 0.1) is 22.7 Å². The Kier molecular flexibility index (Phi) is 15.7. The summed E-state index contributed by atoms with van der Waals surface area (Å²) in [6.45, 7) is 22.6. The average molecular weight is 703 g/mol. The predicted octanol–water partition coefficient (Wildman–Crippen LogP) is 5.40. The van der Waals surface area contributed by atoms with E-state index >= 15 is 0 Å². The van der Waals surface area contributed by atoms with Gasteiger partial charge in [-0.3, -0.25) is 9.59 Å². The third kappa shape index (κ3) is 12.6. The highest BCUT2D eigenvalue weighted by Gasteiger charge is 2.48. The first-order chi connectivity index (χ1) is 23.3. The molecule has 0 amide bonds. The maximum atomic E-state index is 13.6. The number of esters is 6. The summed E-state index contributed by atoms with van der Waals surface area (Å²) in [6, 6.07) is 0. The second kappa shape index (κ2) is 18.7. The zero-order valence-corrected chi connectivity index (χ0v) is 30.5. The highest BCUT2D eigenvalue weighted by molar-refractivity contribution is 5.88. The number of hydrogen-bond acceptors (Lipinski definition) is 12. The Bertz CT molecular complexity index is 1190.